The summed E-state index contributed by atoms with van der Waals surface area (Å²) in [6, 6.07) is 6.92. The summed E-state index contributed by atoms with van der Waals surface area (Å²) in [5.74, 6) is 0.565. The zero-order valence-electron chi connectivity index (χ0n) is 11.3. The Balaban J connectivity index is 1.96. The number of benzene rings is 1. The van der Waals surface area contributed by atoms with E-state index in [9.17, 15) is 0 Å². The fraction of sp³-hybridized carbons (Fsp3) is 0.533. The fourth-order valence-electron chi connectivity index (χ4n) is 3.89. The molecule has 20 heavy (non-hydrogen) atoms. The number of rotatable bonds is 2. The molecule has 5 heteroatoms. The highest BCUT2D eigenvalue weighted by atomic mass is 35.5. The SMILES string of the molecule is CN1[C@H]2CC[C@@H]1[C@H](C=NO)[C@@H](c1ccc(Cl)c(Cl)c1)C2. The average molecular weight is 313 g/mol. The molecule has 2 heterocycles. The predicted molar refractivity (Wildman–Crippen MR) is 82.2 cm³/mol. The molecule has 0 spiro atoms. The van der Waals surface area contributed by atoms with Crippen LogP contribution >= 0.6 is 23.2 Å². The molecule has 3 rings (SSSR count). The largest absolute Gasteiger partial charge is 0.411 e. The van der Waals surface area contributed by atoms with Gasteiger partial charge in [0.05, 0.1) is 10.0 Å². The van der Waals surface area contributed by atoms with Gasteiger partial charge in [-0.2, -0.15) is 0 Å². The minimum absolute atomic E-state index is 0.223. The van der Waals surface area contributed by atoms with E-state index < -0.39 is 0 Å². The summed E-state index contributed by atoms with van der Waals surface area (Å²) < 4.78 is 0. The van der Waals surface area contributed by atoms with Crippen molar-refractivity contribution in [3.63, 3.8) is 0 Å². The lowest BCUT2D eigenvalue weighted by Gasteiger charge is -2.41. The Hall–Kier alpha value is -0.770. The summed E-state index contributed by atoms with van der Waals surface area (Å²) in [7, 11) is 2.17. The second kappa shape index (κ2) is 5.55. The van der Waals surface area contributed by atoms with Crippen LogP contribution in [0.5, 0.6) is 0 Å². The van der Waals surface area contributed by atoms with Gasteiger partial charge >= 0.3 is 0 Å². The van der Waals surface area contributed by atoms with Gasteiger partial charge in [-0.3, -0.25) is 4.90 Å². The maximum atomic E-state index is 9.00. The third kappa shape index (κ3) is 2.32. The van der Waals surface area contributed by atoms with Crippen LogP contribution in [-0.4, -0.2) is 35.5 Å². The van der Waals surface area contributed by atoms with E-state index in [1.807, 2.05) is 18.2 Å². The second-order valence-electron chi connectivity index (χ2n) is 5.82. The normalized spacial score (nSPS) is 34.0. The van der Waals surface area contributed by atoms with E-state index in [4.69, 9.17) is 28.4 Å². The monoisotopic (exact) mass is 312 g/mol. The lowest BCUT2D eigenvalue weighted by Crippen LogP contribution is -2.46. The topological polar surface area (TPSA) is 35.8 Å². The zero-order chi connectivity index (χ0) is 14.3. The molecular formula is C15H18Cl2N2O. The van der Waals surface area contributed by atoms with Crippen molar-refractivity contribution in [2.45, 2.75) is 37.3 Å². The van der Waals surface area contributed by atoms with Crippen molar-refractivity contribution < 1.29 is 5.21 Å². The molecule has 2 saturated heterocycles. The Morgan fingerprint density at radius 1 is 1.30 bits per heavy atom. The molecule has 0 unspecified atom stereocenters. The molecule has 2 aliphatic rings. The standard InChI is InChI=1S/C15H18Cl2N2O/c1-19-10-3-5-15(19)12(8-18-20)11(7-10)9-2-4-13(16)14(17)6-9/h2,4,6,8,10-12,15,20H,3,5,7H2,1H3/t10-,11+,12+,15+/m0/s1. The summed E-state index contributed by atoms with van der Waals surface area (Å²) in [6.07, 6.45) is 5.14. The highest BCUT2D eigenvalue weighted by Gasteiger charge is 2.45. The van der Waals surface area contributed by atoms with Gasteiger partial charge in [0.1, 0.15) is 0 Å². The average Bonchev–Trinajstić information content (AvgIpc) is 2.67. The number of fused-ring (bicyclic) bond motifs is 2. The van der Waals surface area contributed by atoms with Gasteiger partial charge in [0.2, 0.25) is 0 Å². The Morgan fingerprint density at radius 3 is 2.80 bits per heavy atom. The number of hydrogen-bond acceptors (Lipinski definition) is 3. The Bertz CT molecular complexity index is 535. The Labute approximate surface area is 129 Å². The first-order valence-electron chi connectivity index (χ1n) is 6.96. The van der Waals surface area contributed by atoms with E-state index in [2.05, 4.69) is 17.1 Å². The van der Waals surface area contributed by atoms with E-state index in [-0.39, 0.29) is 5.92 Å². The van der Waals surface area contributed by atoms with Crippen LogP contribution in [0.2, 0.25) is 10.0 Å². The summed E-state index contributed by atoms with van der Waals surface area (Å²) in [4.78, 5) is 2.43. The van der Waals surface area contributed by atoms with Crippen molar-refractivity contribution in [2.24, 2.45) is 11.1 Å². The second-order valence-corrected chi connectivity index (χ2v) is 6.64. The first kappa shape index (κ1) is 14.2. The Kier molecular flexibility index (Phi) is 3.93. The van der Waals surface area contributed by atoms with Crippen LogP contribution < -0.4 is 0 Å². The summed E-state index contributed by atoms with van der Waals surface area (Å²) in [6.45, 7) is 0. The molecule has 4 atom stereocenters. The van der Waals surface area contributed by atoms with Crippen LogP contribution in [0.15, 0.2) is 23.4 Å². The minimum atomic E-state index is 0.223. The third-order valence-corrected chi connectivity index (χ3v) is 5.68. The maximum absolute atomic E-state index is 9.00. The first-order chi connectivity index (χ1) is 9.61. The Morgan fingerprint density at radius 2 is 2.10 bits per heavy atom. The molecule has 0 aliphatic carbocycles. The first-order valence-corrected chi connectivity index (χ1v) is 7.72. The smallest absolute Gasteiger partial charge is 0.0595 e. The lowest BCUT2D eigenvalue weighted by molar-refractivity contribution is 0.133. The fourth-order valence-corrected chi connectivity index (χ4v) is 4.20. The summed E-state index contributed by atoms with van der Waals surface area (Å²) in [5.41, 5.74) is 1.19. The highest BCUT2D eigenvalue weighted by molar-refractivity contribution is 6.42. The van der Waals surface area contributed by atoms with E-state index in [1.54, 1.807) is 6.21 Å². The van der Waals surface area contributed by atoms with Crippen molar-refractivity contribution in [1.82, 2.24) is 4.90 Å². The van der Waals surface area contributed by atoms with E-state index in [1.165, 1.54) is 12.0 Å². The van der Waals surface area contributed by atoms with Gasteiger partial charge in [-0.1, -0.05) is 29.3 Å². The van der Waals surface area contributed by atoms with Gasteiger partial charge in [0, 0.05) is 24.2 Å². The number of hydrogen-bond donors (Lipinski definition) is 1. The number of halogens is 2. The summed E-state index contributed by atoms with van der Waals surface area (Å²) in [5, 5.41) is 13.5. The zero-order valence-corrected chi connectivity index (χ0v) is 12.8. The molecule has 2 aliphatic heterocycles. The van der Waals surface area contributed by atoms with Crippen LogP contribution in [-0.2, 0) is 0 Å². The molecular weight excluding hydrogens is 295 g/mol. The van der Waals surface area contributed by atoms with Gasteiger partial charge in [-0.15, -0.1) is 5.16 Å². The van der Waals surface area contributed by atoms with Crippen LogP contribution in [0, 0.1) is 5.92 Å². The predicted octanol–water partition coefficient (Wildman–Crippen LogP) is 4.02. The molecule has 0 saturated carbocycles. The van der Waals surface area contributed by atoms with Crippen molar-refractivity contribution in [1.29, 1.82) is 0 Å². The lowest BCUT2D eigenvalue weighted by atomic mass is 9.77. The van der Waals surface area contributed by atoms with Crippen LogP contribution in [0.25, 0.3) is 0 Å². The van der Waals surface area contributed by atoms with Crippen molar-refractivity contribution in [3.8, 4) is 0 Å². The molecule has 1 aromatic carbocycles. The van der Waals surface area contributed by atoms with Crippen molar-refractivity contribution in [3.05, 3.63) is 33.8 Å². The molecule has 0 amide bonds. The molecule has 0 aromatic heterocycles. The van der Waals surface area contributed by atoms with Gasteiger partial charge < -0.3 is 5.21 Å². The molecule has 3 nitrogen and oxygen atoms in total. The van der Waals surface area contributed by atoms with Crippen LogP contribution in [0.4, 0.5) is 0 Å². The van der Waals surface area contributed by atoms with Crippen molar-refractivity contribution >= 4 is 29.4 Å². The molecule has 0 radical (unpaired) electrons. The van der Waals surface area contributed by atoms with Crippen LogP contribution in [0.3, 0.4) is 0 Å². The quantitative estimate of drug-likeness (QED) is 0.508. The van der Waals surface area contributed by atoms with Gasteiger partial charge in [-0.05, 0) is 49.9 Å². The van der Waals surface area contributed by atoms with Gasteiger partial charge in [0.15, 0.2) is 0 Å². The number of piperidine rings is 1. The number of oxime groups is 1. The maximum Gasteiger partial charge on any atom is 0.0595 e. The van der Waals surface area contributed by atoms with Crippen molar-refractivity contribution in [2.75, 3.05) is 7.05 Å². The minimum Gasteiger partial charge on any atom is -0.411 e. The number of nitrogens with zero attached hydrogens (tertiary/aromatic N) is 2. The molecule has 2 bridgehead atoms. The molecule has 2 fully saturated rings. The molecule has 1 aromatic rings. The van der Waals surface area contributed by atoms with E-state index in [0.717, 1.165) is 12.8 Å². The van der Waals surface area contributed by atoms with Crippen LogP contribution in [0.1, 0.15) is 30.7 Å². The summed E-state index contributed by atoms with van der Waals surface area (Å²) >= 11 is 12.2. The molecule has 1 N–H and O–H groups in total. The third-order valence-electron chi connectivity index (χ3n) is 4.94. The van der Waals surface area contributed by atoms with Gasteiger partial charge in [-0.25, -0.2) is 0 Å². The highest BCUT2D eigenvalue weighted by Crippen LogP contribution is 2.46. The van der Waals surface area contributed by atoms with E-state index >= 15 is 0 Å². The van der Waals surface area contributed by atoms with E-state index in [0.29, 0.717) is 28.0 Å². The molecule has 108 valence electrons. The van der Waals surface area contributed by atoms with Gasteiger partial charge in [0.25, 0.3) is 0 Å².